The van der Waals surface area contributed by atoms with Crippen molar-refractivity contribution < 1.29 is 14.2 Å². The number of rotatable bonds is 6. The molecule has 0 atom stereocenters. The number of hydrogen-bond donors (Lipinski definition) is 0. The van der Waals surface area contributed by atoms with Crippen molar-refractivity contribution in [2.45, 2.75) is 4.90 Å². The minimum atomic E-state index is 0.575. The van der Waals surface area contributed by atoms with Gasteiger partial charge in [-0.25, -0.2) is 0 Å². The minimum Gasteiger partial charge on any atom is -0.493 e. The Hall–Kier alpha value is -2.14. The molecule has 0 radical (unpaired) electrons. The lowest BCUT2D eigenvalue weighted by atomic mass is 10.2. The molecule has 0 saturated carbocycles. The zero-order valence-electron chi connectivity index (χ0n) is 13.1. The molecule has 0 aromatic heterocycles. The Kier molecular flexibility index (Phi) is 5.72. The Labute approximate surface area is 135 Å². The molecule has 2 aromatic rings. The first-order valence-corrected chi connectivity index (χ1v) is 7.92. The standard InChI is InChI=1S/C17H19NO3S/c1-19-15-9-12(10-16(20-2)17(15)21-3)11-18-13-5-7-14(22-4)8-6-13/h5-11H,1-4H3/b18-11+. The highest BCUT2D eigenvalue weighted by Gasteiger charge is 2.12. The molecule has 0 N–H and O–H groups in total. The first-order valence-electron chi connectivity index (χ1n) is 6.70. The van der Waals surface area contributed by atoms with Crippen molar-refractivity contribution >= 4 is 23.7 Å². The van der Waals surface area contributed by atoms with Gasteiger partial charge in [-0.15, -0.1) is 11.8 Å². The maximum absolute atomic E-state index is 5.33. The van der Waals surface area contributed by atoms with Gasteiger partial charge in [-0.05, 0) is 42.7 Å². The highest BCUT2D eigenvalue weighted by atomic mass is 32.2. The fourth-order valence-corrected chi connectivity index (χ4v) is 2.40. The van der Waals surface area contributed by atoms with Crippen LogP contribution in [0.15, 0.2) is 46.3 Å². The summed E-state index contributed by atoms with van der Waals surface area (Å²) in [5.74, 6) is 1.80. The zero-order valence-corrected chi connectivity index (χ0v) is 13.9. The first-order chi connectivity index (χ1) is 10.7. The molecule has 4 nitrogen and oxygen atoms in total. The van der Waals surface area contributed by atoms with E-state index < -0.39 is 0 Å². The predicted molar refractivity (Wildman–Crippen MR) is 91.6 cm³/mol. The van der Waals surface area contributed by atoms with Crippen LogP contribution in [0.4, 0.5) is 5.69 Å². The van der Waals surface area contributed by atoms with Crippen molar-refractivity contribution in [2.24, 2.45) is 4.99 Å². The average molecular weight is 317 g/mol. The average Bonchev–Trinajstić information content (AvgIpc) is 2.59. The van der Waals surface area contributed by atoms with E-state index in [2.05, 4.69) is 4.99 Å². The number of benzene rings is 2. The maximum Gasteiger partial charge on any atom is 0.203 e. The third-order valence-corrected chi connectivity index (χ3v) is 3.87. The van der Waals surface area contributed by atoms with Crippen LogP contribution in [0.2, 0.25) is 0 Å². The normalized spacial score (nSPS) is 10.7. The Balaban J connectivity index is 2.29. The SMILES string of the molecule is COc1cc(/C=N/c2ccc(SC)cc2)cc(OC)c1OC. The van der Waals surface area contributed by atoms with Crippen LogP contribution in [-0.2, 0) is 0 Å². The molecule has 0 aliphatic heterocycles. The number of hydrogen-bond acceptors (Lipinski definition) is 5. The van der Waals surface area contributed by atoms with Gasteiger partial charge in [0.15, 0.2) is 11.5 Å². The van der Waals surface area contributed by atoms with E-state index in [1.54, 1.807) is 39.3 Å². The summed E-state index contributed by atoms with van der Waals surface area (Å²) >= 11 is 1.71. The van der Waals surface area contributed by atoms with Gasteiger partial charge in [-0.2, -0.15) is 0 Å². The molecule has 0 amide bonds. The zero-order chi connectivity index (χ0) is 15.9. The molecular formula is C17H19NO3S. The molecule has 2 rings (SSSR count). The fourth-order valence-electron chi connectivity index (χ4n) is 1.99. The molecule has 0 aliphatic rings. The highest BCUT2D eigenvalue weighted by molar-refractivity contribution is 7.98. The summed E-state index contributed by atoms with van der Waals surface area (Å²) in [6.07, 6.45) is 3.83. The number of thioether (sulfide) groups is 1. The van der Waals surface area contributed by atoms with Crippen molar-refractivity contribution in [3.05, 3.63) is 42.0 Å². The molecule has 22 heavy (non-hydrogen) atoms. The second-order valence-electron chi connectivity index (χ2n) is 4.41. The van der Waals surface area contributed by atoms with Crippen molar-refractivity contribution in [1.82, 2.24) is 0 Å². The number of aliphatic imine (C=N–C) groups is 1. The van der Waals surface area contributed by atoms with Crippen LogP contribution in [0.3, 0.4) is 0 Å². The summed E-state index contributed by atoms with van der Waals surface area (Å²) in [5.41, 5.74) is 1.77. The van der Waals surface area contributed by atoms with Crippen molar-refractivity contribution in [1.29, 1.82) is 0 Å². The van der Waals surface area contributed by atoms with Crippen LogP contribution >= 0.6 is 11.8 Å². The van der Waals surface area contributed by atoms with Gasteiger partial charge < -0.3 is 14.2 Å². The third-order valence-electron chi connectivity index (χ3n) is 3.12. The summed E-state index contributed by atoms with van der Waals surface area (Å²) in [5, 5.41) is 0. The molecule has 0 heterocycles. The lowest BCUT2D eigenvalue weighted by Gasteiger charge is -2.12. The molecule has 0 saturated heterocycles. The van der Waals surface area contributed by atoms with Gasteiger partial charge in [0.2, 0.25) is 5.75 Å². The van der Waals surface area contributed by atoms with Crippen LogP contribution in [0, 0.1) is 0 Å². The molecule has 2 aromatic carbocycles. The van der Waals surface area contributed by atoms with Crippen LogP contribution in [-0.4, -0.2) is 33.8 Å². The molecular weight excluding hydrogens is 298 g/mol. The Morgan fingerprint density at radius 2 is 1.50 bits per heavy atom. The van der Waals surface area contributed by atoms with Gasteiger partial charge in [-0.1, -0.05) is 0 Å². The second-order valence-corrected chi connectivity index (χ2v) is 5.29. The topological polar surface area (TPSA) is 40.0 Å². The van der Waals surface area contributed by atoms with E-state index >= 15 is 0 Å². The Morgan fingerprint density at radius 1 is 0.909 bits per heavy atom. The van der Waals surface area contributed by atoms with Gasteiger partial charge in [0.05, 0.1) is 27.0 Å². The van der Waals surface area contributed by atoms with E-state index in [4.69, 9.17) is 14.2 Å². The number of methoxy groups -OCH3 is 3. The summed E-state index contributed by atoms with van der Waals surface area (Å²) < 4.78 is 16.0. The smallest absolute Gasteiger partial charge is 0.203 e. The van der Waals surface area contributed by atoms with E-state index in [1.807, 2.05) is 42.7 Å². The maximum atomic E-state index is 5.33. The molecule has 0 spiro atoms. The largest absolute Gasteiger partial charge is 0.493 e. The van der Waals surface area contributed by atoms with E-state index in [0.717, 1.165) is 11.3 Å². The van der Waals surface area contributed by atoms with Crippen molar-refractivity contribution in [3.8, 4) is 17.2 Å². The van der Waals surface area contributed by atoms with E-state index in [9.17, 15) is 0 Å². The second kappa shape index (κ2) is 7.75. The predicted octanol–water partition coefficient (Wildman–Crippen LogP) is 4.18. The van der Waals surface area contributed by atoms with Gasteiger partial charge >= 0.3 is 0 Å². The van der Waals surface area contributed by atoms with Crippen LogP contribution in [0.25, 0.3) is 0 Å². The summed E-state index contributed by atoms with van der Waals surface area (Å²) in [6.45, 7) is 0. The molecule has 0 fully saturated rings. The number of ether oxygens (including phenoxy) is 3. The summed E-state index contributed by atoms with van der Waals surface area (Å²) in [7, 11) is 4.78. The van der Waals surface area contributed by atoms with Crippen molar-refractivity contribution in [3.63, 3.8) is 0 Å². The number of nitrogens with zero attached hydrogens (tertiary/aromatic N) is 1. The summed E-state index contributed by atoms with van der Waals surface area (Å²) in [6, 6.07) is 11.8. The Bertz CT molecular complexity index is 628. The van der Waals surface area contributed by atoms with Gasteiger partial charge in [0.1, 0.15) is 0 Å². The summed E-state index contributed by atoms with van der Waals surface area (Å²) in [4.78, 5) is 5.69. The van der Waals surface area contributed by atoms with Crippen LogP contribution < -0.4 is 14.2 Å². The monoisotopic (exact) mass is 317 g/mol. The van der Waals surface area contributed by atoms with Crippen LogP contribution in [0.1, 0.15) is 5.56 Å². The minimum absolute atomic E-state index is 0.575. The molecule has 0 unspecified atom stereocenters. The molecule has 0 bridgehead atoms. The van der Waals surface area contributed by atoms with Gasteiger partial charge in [0.25, 0.3) is 0 Å². The quantitative estimate of drug-likeness (QED) is 0.592. The molecule has 116 valence electrons. The third kappa shape index (κ3) is 3.74. The lowest BCUT2D eigenvalue weighted by Crippen LogP contribution is -1.96. The molecule has 5 heteroatoms. The van der Waals surface area contributed by atoms with Crippen molar-refractivity contribution in [2.75, 3.05) is 27.6 Å². The van der Waals surface area contributed by atoms with Crippen LogP contribution in [0.5, 0.6) is 17.2 Å². The van der Waals surface area contributed by atoms with E-state index in [0.29, 0.717) is 17.2 Å². The Morgan fingerprint density at radius 3 is 1.95 bits per heavy atom. The van der Waals surface area contributed by atoms with E-state index in [1.165, 1.54) is 4.90 Å². The lowest BCUT2D eigenvalue weighted by molar-refractivity contribution is 0.324. The highest BCUT2D eigenvalue weighted by Crippen LogP contribution is 2.37. The fraction of sp³-hybridized carbons (Fsp3) is 0.235. The van der Waals surface area contributed by atoms with E-state index in [-0.39, 0.29) is 0 Å². The first kappa shape index (κ1) is 16.2. The van der Waals surface area contributed by atoms with Gasteiger partial charge in [0, 0.05) is 16.7 Å². The molecule has 0 aliphatic carbocycles. The van der Waals surface area contributed by atoms with Gasteiger partial charge in [-0.3, -0.25) is 4.99 Å².